The van der Waals surface area contributed by atoms with Crippen LogP contribution in [-0.4, -0.2) is 19.6 Å². The second-order valence-corrected chi connectivity index (χ2v) is 4.97. The molecule has 0 spiro atoms. The molecule has 3 heteroatoms. The molecule has 1 atom stereocenters. The van der Waals surface area contributed by atoms with Crippen molar-refractivity contribution >= 4 is 22.6 Å². The summed E-state index contributed by atoms with van der Waals surface area (Å²) in [6, 6.07) is 6.97. The SMILES string of the molecule is CNCC(C)NCc1cccc(C)c1I. The number of rotatable bonds is 5. The summed E-state index contributed by atoms with van der Waals surface area (Å²) in [4.78, 5) is 0. The van der Waals surface area contributed by atoms with Gasteiger partial charge in [-0.3, -0.25) is 0 Å². The van der Waals surface area contributed by atoms with Gasteiger partial charge in [-0.15, -0.1) is 0 Å². The van der Waals surface area contributed by atoms with Crippen molar-refractivity contribution < 1.29 is 0 Å². The van der Waals surface area contributed by atoms with Crippen molar-refractivity contribution in [3.05, 3.63) is 32.9 Å². The first-order chi connectivity index (χ1) is 7.15. The van der Waals surface area contributed by atoms with Crippen LogP contribution in [0.15, 0.2) is 18.2 Å². The van der Waals surface area contributed by atoms with Crippen LogP contribution < -0.4 is 10.6 Å². The average Bonchev–Trinajstić information content (AvgIpc) is 2.21. The van der Waals surface area contributed by atoms with Gasteiger partial charge in [0.15, 0.2) is 0 Å². The van der Waals surface area contributed by atoms with Gasteiger partial charge in [-0.2, -0.15) is 0 Å². The highest BCUT2D eigenvalue weighted by molar-refractivity contribution is 14.1. The van der Waals surface area contributed by atoms with Crippen LogP contribution in [0.1, 0.15) is 18.1 Å². The summed E-state index contributed by atoms with van der Waals surface area (Å²) >= 11 is 2.42. The lowest BCUT2D eigenvalue weighted by Gasteiger charge is -2.14. The van der Waals surface area contributed by atoms with Gasteiger partial charge < -0.3 is 10.6 Å². The maximum atomic E-state index is 3.50. The van der Waals surface area contributed by atoms with E-state index in [4.69, 9.17) is 0 Å². The molecule has 2 nitrogen and oxygen atoms in total. The highest BCUT2D eigenvalue weighted by Gasteiger charge is 2.04. The summed E-state index contributed by atoms with van der Waals surface area (Å²) in [5.41, 5.74) is 2.75. The van der Waals surface area contributed by atoms with Crippen molar-refractivity contribution in [3.8, 4) is 0 Å². The largest absolute Gasteiger partial charge is 0.318 e. The number of halogens is 1. The van der Waals surface area contributed by atoms with Crippen molar-refractivity contribution in [2.75, 3.05) is 13.6 Å². The molecule has 1 aromatic rings. The first-order valence-electron chi connectivity index (χ1n) is 5.27. The van der Waals surface area contributed by atoms with E-state index in [-0.39, 0.29) is 0 Å². The van der Waals surface area contributed by atoms with Crippen molar-refractivity contribution in [3.63, 3.8) is 0 Å². The second kappa shape index (κ2) is 6.45. The molecule has 0 radical (unpaired) electrons. The van der Waals surface area contributed by atoms with Gasteiger partial charge in [0.05, 0.1) is 0 Å². The van der Waals surface area contributed by atoms with E-state index in [1.165, 1.54) is 14.7 Å². The summed E-state index contributed by atoms with van der Waals surface area (Å²) in [6.07, 6.45) is 0. The number of aryl methyl sites for hydroxylation is 1. The fraction of sp³-hybridized carbons (Fsp3) is 0.500. The van der Waals surface area contributed by atoms with Crippen molar-refractivity contribution in [2.24, 2.45) is 0 Å². The van der Waals surface area contributed by atoms with Crippen molar-refractivity contribution in [1.29, 1.82) is 0 Å². The Balaban J connectivity index is 2.54. The molecular formula is C12H19IN2. The first kappa shape index (κ1) is 12.9. The van der Waals surface area contributed by atoms with Gasteiger partial charge in [-0.05, 0) is 54.6 Å². The standard InChI is InChI=1S/C12H19IN2/c1-9-5-4-6-11(12(9)13)8-15-10(2)7-14-3/h4-6,10,14-15H,7-8H2,1-3H3. The second-order valence-electron chi connectivity index (χ2n) is 3.89. The van der Waals surface area contributed by atoms with E-state index in [1.54, 1.807) is 0 Å². The van der Waals surface area contributed by atoms with Crippen LogP contribution in [-0.2, 0) is 6.54 Å². The third-order valence-electron chi connectivity index (χ3n) is 2.42. The molecule has 0 fully saturated rings. The topological polar surface area (TPSA) is 24.1 Å². The Labute approximate surface area is 106 Å². The Hall–Kier alpha value is -0.130. The van der Waals surface area contributed by atoms with Gasteiger partial charge in [0.2, 0.25) is 0 Å². The number of nitrogens with one attached hydrogen (secondary N) is 2. The summed E-state index contributed by atoms with van der Waals surface area (Å²) in [5, 5.41) is 6.67. The normalized spacial score (nSPS) is 12.8. The smallest absolute Gasteiger partial charge is 0.0219 e. The van der Waals surface area contributed by atoms with Crippen LogP contribution >= 0.6 is 22.6 Å². The molecule has 2 N–H and O–H groups in total. The lowest BCUT2D eigenvalue weighted by atomic mass is 10.1. The summed E-state index contributed by atoms with van der Waals surface area (Å²) in [5.74, 6) is 0. The summed E-state index contributed by atoms with van der Waals surface area (Å²) in [7, 11) is 1.98. The van der Waals surface area contributed by atoms with E-state index in [9.17, 15) is 0 Å². The minimum absolute atomic E-state index is 0.506. The van der Waals surface area contributed by atoms with Crippen molar-refractivity contribution in [1.82, 2.24) is 10.6 Å². The molecular weight excluding hydrogens is 299 g/mol. The van der Waals surface area contributed by atoms with E-state index in [0.717, 1.165) is 13.1 Å². The van der Waals surface area contributed by atoms with Crippen LogP contribution in [0.25, 0.3) is 0 Å². The Morgan fingerprint density at radius 1 is 1.40 bits per heavy atom. The Bertz CT molecular complexity index is 312. The zero-order valence-electron chi connectivity index (χ0n) is 9.60. The molecule has 0 saturated heterocycles. The Kier molecular flexibility index (Phi) is 5.56. The minimum Gasteiger partial charge on any atom is -0.318 e. The summed E-state index contributed by atoms with van der Waals surface area (Å²) < 4.78 is 1.37. The van der Waals surface area contributed by atoms with E-state index in [1.807, 2.05) is 7.05 Å². The molecule has 1 rings (SSSR count). The monoisotopic (exact) mass is 318 g/mol. The highest BCUT2D eigenvalue weighted by atomic mass is 127. The molecule has 0 aromatic heterocycles. The third kappa shape index (κ3) is 4.09. The molecule has 0 saturated carbocycles. The van der Waals surface area contributed by atoms with E-state index in [2.05, 4.69) is 65.3 Å². The fourth-order valence-corrected chi connectivity index (χ4v) is 2.06. The zero-order valence-corrected chi connectivity index (χ0v) is 11.8. The zero-order chi connectivity index (χ0) is 11.3. The van der Waals surface area contributed by atoms with Crippen LogP contribution in [0.3, 0.4) is 0 Å². The van der Waals surface area contributed by atoms with Gasteiger partial charge in [-0.1, -0.05) is 18.2 Å². The fourth-order valence-electron chi connectivity index (χ4n) is 1.51. The molecule has 0 aliphatic heterocycles. The van der Waals surface area contributed by atoms with Crippen LogP contribution in [0.2, 0.25) is 0 Å². The Morgan fingerprint density at radius 3 is 2.80 bits per heavy atom. The van der Waals surface area contributed by atoms with E-state index in [0.29, 0.717) is 6.04 Å². The number of benzene rings is 1. The van der Waals surface area contributed by atoms with Gasteiger partial charge in [0.1, 0.15) is 0 Å². The molecule has 15 heavy (non-hydrogen) atoms. The predicted octanol–water partition coefficient (Wildman–Crippen LogP) is 2.30. The summed E-state index contributed by atoms with van der Waals surface area (Å²) in [6.45, 7) is 6.30. The predicted molar refractivity (Wildman–Crippen MR) is 74.1 cm³/mol. The molecule has 1 aromatic carbocycles. The van der Waals surface area contributed by atoms with E-state index < -0.39 is 0 Å². The molecule has 0 bridgehead atoms. The van der Waals surface area contributed by atoms with Crippen molar-refractivity contribution in [2.45, 2.75) is 26.4 Å². The number of likely N-dealkylation sites (N-methyl/N-ethyl adjacent to an activating group) is 1. The maximum absolute atomic E-state index is 3.50. The van der Waals surface area contributed by atoms with E-state index >= 15 is 0 Å². The number of hydrogen-bond acceptors (Lipinski definition) is 2. The molecule has 0 aliphatic carbocycles. The molecule has 0 aliphatic rings. The first-order valence-corrected chi connectivity index (χ1v) is 6.35. The van der Waals surface area contributed by atoms with Gasteiger partial charge in [-0.25, -0.2) is 0 Å². The van der Waals surface area contributed by atoms with Gasteiger partial charge >= 0.3 is 0 Å². The number of hydrogen-bond donors (Lipinski definition) is 2. The Morgan fingerprint density at radius 2 is 2.13 bits per heavy atom. The average molecular weight is 318 g/mol. The quantitative estimate of drug-likeness (QED) is 0.814. The molecule has 0 heterocycles. The third-order valence-corrected chi connectivity index (χ3v) is 3.97. The van der Waals surface area contributed by atoms with Crippen LogP contribution in [0.5, 0.6) is 0 Å². The molecule has 0 amide bonds. The van der Waals surface area contributed by atoms with Crippen LogP contribution in [0, 0.1) is 10.5 Å². The maximum Gasteiger partial charge on any atom is 0.0219 e. The lowest BCUT2D eigenvalue weighted by molar-refractivity contribution is 0.522. The molecule has 1 unspecified atom stereocenters. The van der Waals surface area contributed by atoms with Crippen LogP contribution in [0.4, 0.5) is 0 Å². The minimum atomic E-state index is 0.506. The van der Waals surface area contributed by atoms with Gasteiger partial charge in [0.25, 0.3) is 0 Å². The molecule has 84 valence electrons. The lowest BCUT2D eigenvalue weighted by Crippen LogP contribution is -2.34. The highest BCUT2D eigenvalue weighted by Crippen LogP contribution is 2.16. The van der Waals surface area contributed by atoms with Gasteiger partial charge in [0, 0.05) is 22.7 Å².